The molecule has 0 amide bonds. The Balaban J connectivity index is 2.31. The minimum atomic E-state index is -4.37. The van der Waals surface area contributed by atoms with Crippen LogP contribution in [0.4, 0.5) is 13.2 Å². The third-order valence-electron chi connectivity index (χ3n) is 3.61. The van der Waals surface area contributed by atoms with Crippen LogP contribution in [-0.4, -0.2) is 22.4 Å². The van der Waals surface area contributed by atoms with E-state index in [4.69, 9.17) is 12.2 Å². The molecule has 1 aromatic carbocycles. The van der Waals surface area contributed by atoms with Crippen molar-refractivity contribution in [1.29, 1.82) is 0 Å². The Bertz CT molecular complexity index is 794. The molecule has 4 nitrogen and oxygen atoms in total. The zero-order valence-corrected chi connectivity index (χ0v) is 14.9. The Morgan fingerprint density at radius 1 is 1.28 bits per heavy atom. The van der Waals surface area contributed by atoms with Crippen LogP contribution in [0.5, 0.6) is 0 Å². The van der Waals surface area contributed by atoms with Crippen LogP contribution in [0.25, 0.3) is 5.69 Å². The predicted molar refractivity (Wildman–Crippen MR) is 97.2 cm³/mol. The second-order valence-corrected chi connectivity index (χ2v) is 5.85. The second-order valence-electron chi connectivity index (χ2n) is 5.44. The molecule has 0 unspecified atom stereocenters. The highest BCUT2D eigenvalue weighted by atomic mass is 32.1. The fourth-order valence-corrected chi connectivity index (χ4v) is 2.69. The summed E-state index contributed by atoms with van der Waals surface area (Å²) in [5.41, 5.74) is 4.87. The molecule has 2 N–H and O–H groups in total. The maximum Gasteiger partial charge on any atom is 0.416 e. The van der Waals surface area contributed by atoms with Crippen molar-refractivity contribution in [1.82, 2.24) is 15.3 Å². The van der Waals surface area contributed by atoms with Crippen LogP contribution in [0.15, 0.2) is 35.4 Å². The van der Waals surface area contributed by atoms with Gasteiger partial charge in [-0.05, 0) is 57.3 Å². The van der Waals surface area contributed by atoms with E-state index in [0.717, 1.165) is 29.1 Å². The molecule has 1 aromatic heterocycles. The molecular formula is C17H19F3N4S. The van der Waals surface area contributed by atoms with Crippen LogP contribution in [0.1, 0.15) is 29.4 Å². The number of aryl methyl sites for hydroxylation is 1. The quantitative estimate of drug-likeness (QED) is 0.488. The lowest BCUT2D eigenvalue weighted by atomic mass is 10.2. The number of benzene rings is 1. The number of halogens is 3. The normalized spacial score (nSPS) is 11.8. The molecule has 8 heteroatoms. The standard InChI is InChI=1S/C17H19F3N4S/c1-4-21-16(25)23-22-10-13-8-11(2)24(12(13)3)15-7-5-6-14(9-15)17(18,19)20/h5-10H,4H2,1-3H3,(H2,21,23,25). The first-order chi connectivity index (χ1) is 11.7. The molecule has 2 aromatic rings. The summed E-state index contributed by atoms with van der Waals surface area (Å²) in [4.78, 5) is 0. The van der Waals surface area contributed by atoms with Crippen molar-refractivity contribution in [3.05, 3.63) is 52.8 Å². The monoisotopic (exact) mass is 368 g/mol. The average Bonchev–Trinajstić information content (AvgIpc) is 2.81. The minimum absolute atomic E-state index is 0.408. The van der Waals surface area contributed by atoms with E-state index >= 15 is 0 Å². The highest BCUT2D eigenvalue weighted by Crippen LogP contribution is 2.31. The van der Waals surface area contributed by atoms with Gasteiger partial charge in [0.15, 0.2) is 5.11 Å². The molecule has 0 aliphatic rings. The molecule has 0 radical (unpaired) electrons. The van der Waals surface area contributed by atoms with Crippen molar-refractivity contribution in [3.63, 3.8) is 0 Å². The van der Waals surface area contributed by atoms with Crippen molar-refractivity contribution in [2.45, 2.75) is 26.9 Å². The smallest absolute Gasteiger partial charge is 0.362 e. The summed E-state index contributed by atoms with van der Waals surface area (Å²) in [6.07, 6.45) is -2.78. The van der Waals surface area contributed by atoms with E-state index in [1.54, 1.807) is 16.8 Å². The van der Waals surface area contributed by atoms with Gasteiger partial charge < -0.3 is 9.88 Å². The number of nitrogens with zero attached hydrogens (tertiary/aromatic N) is 2. The van der Waals surface area contributed by atoms with Gasteiger partial charge in [-0.2, -0.15) is 18.3 Å². The van der Waals surface area contributed by atoms with E-state index in [2.05, 4.69) is 15.8 Å². The Morgan fingerprint density at radius 2 is 2.00 bits per heavy atom. The number of hydrazone groups is 1. The molecule has 0 aliphatic carbocycles. The Morgan fingerprint density at radius 3 is 2.64 bits per heavy atom. The molecule has 134 valence electrons. The van der Waals surface area contributed by atoms with Crippen molar-refractivity contribution in [3.8, 4) is 5.69 Å². The molecule has 25 heavy (non-hydrogen) atoms. The Labute approximate surface area is 149 Å². The first kappa shape index (κ1) is 19.0. The van der Waals surface area contributed by atoms with Gasteiger partial charge in [-0.3, -0.25) is 5.43 Å². The number of nitrogens with one attached hydrogen (secondary N) is 2. The van der Waals surface area contributed by atoms with Crippen LogP contribution in [0.3, 0.4) is 0 Å². The number of aromatic nitrogens is 1. The minimum Gasteiger partial charge on any atom is -0.362 e. The molecule has 0 aliphatic heterocycles. The van der Waals surface area contributed by atoms with Crippen LogP contribution < -0.4 is 10.7 Å². The molecule has 1 heterocycles. The van der Waals surface area contributed by atoms with E-state index in [1.807, 2.05) is 26.8 Å². The number of thiocarbonyl (C=S) groups is 1. The molecule has 0 saturated heterocycles. The SMILES string of the molecule is CCNC(=S)NN=Cc1cc(C)n(-c2cccc(C(F)(F)F)c2)c1C. The number of alkyl halides is 3. The molecule has 0 bridgehead atoms. The summed E-state index contributed by atoms with van der Waals surface area (Å²) >= 11 is 5.01. The second kappa shape index (κ2) is 7.69. The van der Waals surface area contributed by atoms with Gasteiger partial charge in [0.05, 0.1) is 11.8 Å². The summed E-state index contributed by atoms with van der Waals surface area (Å²) in [6.45, 7) is 6.27. The fraction of sp³-hybridized carbons (Fsp3) is 0.294. The number of hydrogen-bond donors (Lipinski definition) is 2. The van der Waals surface area contributed by atoms with E-state index in [0.29, 0.717) is 17.3 Å². The van der Waals surface area contributed by atoms with E-state index in [-0.39, 0.29) is 0 Å². The maximum atomic E-state index is 12.9. The van der Waals surface area contributed by atoms with Crippen molar-refractivity contribution in [2.24, 2.45) is 5.10 Å². The summed E-state index contributed by atoms with van der Waals surface area (Å²) < 4.78 is 40.6. The maximum absolute atomic E-state index is 12.9. The highest BCUT2D eigenvalue weighted by molar-refractivity contribution is 7.80. The largest absolute Gasteiger partial charge is 0.416 e. The molecule has 0 saturated carbocycles. The molecule has 2 rings (SSSR count). The highest BCUT2D eigenvalue weighted by Gasteiger charge is 2.30. The number of hydrogen-bond acceptors (Lipinski definition) is 2. The summed E-state index contributed by atoms with van der Waals surface area (Å²) in [5, 5.41) is 7.37. The fourth-order valence-electron chi connectivity index (χ4n) is 2.50. The first-order valence-electron chi connectivity index (χ1n) is 7.67. The lowest BCUT2D eigenvalue weighted by Gasteiger charge is -2.13. The number of rotatable bonds is 4. The predicted octanol–water partition coefficient (Wildman–Crippen LogP) is 3.93. The topological polar surface area (TPSA) is 41.4 Å². The zero-order valence-electron chi connectivity index (χ0n) is 14.1. The van der Waals surface area contributed by atoms with Crippen molar-refractivity contribution in [2.75, 3.05) is 6.54 Å². The van der Waals surface area contributed by atoms with Gasteiger partial charge in [0.25, 0.3) is 0 Å². The van der Waals surface area contributed by atoms with Crippen molar-refractivity contribution < 1.29 is 13.2 Å². The third-order valence-corrected chi connectivity index (χ3v) is 3.84. The van der Waals surface area contributed by atoms with Gasteiger partial charge in [0, 0.05) is 29.2 Å². The van der Waals surface area contributed by atoms with Gasteiger partial charge in [-0.25, -0.2) is 0 Å². The zero-order chi connectivity index (χ0) is 18.6. The van der Waals surface area contributed by atoms with E-state index in [9.17, 15) is 13.2 Å². The van der Waals surface area contributed by atoms with Gasteiger partial charge in [-0.15, -0.1) is 0 Å². The van der Waals surface area contributed by atoms with Gasteiger partial charge in [0.2, 0.25) is 0 Å². The molecular weight excluding hydrogens is 349 g/mol. The van der Waals surface area contributed by atoms with Crippen LogP contribution in [0.2, 0.25) is 0 Å². The Hall–Kier alpha value is -2.35. The first-order valence-corrected chi connectivity index (χ1v) is 8.08. The van der Waals surface area contributed by atoms with E-state index in [1.165, 1.54) is 6.07 Å². The van der Waals surface area contributed by atoms with E-state index < -0.39 is 11.7 Å². The van der Waals surface area contributed by atoms with Crippen molar-refractivity contribution >= 4 is 23.5 Å². The van der Waals surface area contributed by atoms with Gasteiger partial charge in [0.1, 0.15) is 0 Å². The van der Waals surface area contributed by atoms with Gasteiger partial charge >= 0.3 is 6.18 Å². The lowest BCUT2D eigenvalue weighted by Crippen LogP contribution is -2.31. The molecule has 0 spiro atoms. The summed E-state index contributed by atoms with van der Waals surface area (Å²) in [6, 6.07) is 7.11. The lowest BCUT2D eigenvalue weighted by molar-refractivity contribution is -0.137. The Kier molecular flexibility index (Phi) is 5.84. The molecule has 0 atom stereocenters. The summed E-state index contributed by atoms with van der Waals surface area (Å²) in [7, 11) is 0. The third kappa shape index (κ3) is 4.60. The average molecular weight is 368 g/mol. The van der Waals surface area contributed by atoms with Crippen LogP contribution in [0, 0.1) is 13.8 Å². The summed E-state index contributed by atoms with van der Waals surface area (Å²) in [5.74, 6) is 0. The van der Waals surface area contributed by atoms with Crippen LogP contribution in [-0.2, 0) is 6.18 Å². The van der Waals surface area contributed by atoms with Gasteiger partial charge in [-0.1, -0.05) is 6.07 Å². The van der Waals surface area contributed by atoms with Crippen LogP contribution >= 0.6 is 12.2 Å². The molecule has 0 fully saturated rings.